The van der Waals surface area contributed by atoms with Crippen molar-refractivity contribution < 1.29 is 19.1 Å². The van der Waals surface area contributed by atoms with Crippen LogP contribution in [-0.4, -0.2) is 46.6 Å². The van der Waals surface area contributed by atoms with Crippen molar-refractivity contribution in [3.05, 3.63) is 45.4 Å². The first-order chi connectivity index (χ1) is 12.4. The molecule has 0 aromatic carbocycles. The smallest absolute Gasteiger partial charge is 0.340 e. The number of ether oxygens (including phenoxy) is 1. The molecular formula is C18H21N3O4S. The first-order valence-electron chi connectivity index (χ1n) is 8.37. The van der Waals surface area contributed by atoms with Crippen LogP contribution >= 0.6 is 11.3 Å². The lowest BCUT2D eigenvalue weighted by Crippen LogP contribution is -2.41. The lowest BCUT2D eigenvalue weighted by molar-refractivity contribution is -0.136. The van der Waals surface area contributed by atoms with Crippen LogP contribution in [0.25, 0.3) is 0 Å². The number of carbonyl (C=O) groups excluding carboxylic acids is 3. The van der Waals surface area contributed by atoms with Crippen LogP contribution in [0.5, 0.6) is 0 Å². The quantitative estimate of drug-likeness (QED) is 0.813. The number of amides is 3. The van der Waals surface area contributed by atoms with Gasteiger partial charge in [0.1, 0.15) is 0 Å². The summed E-state index contributed by atoms with van der Waals surface area (Å²) in [5.41, 5.74) is 2.17. The van der Waals surface area contributed by atoms with Gasteiger partial charge in [-0.2, -0.15) is 0 Å². The molecule has 1 aliphatic rings. The van der Waals surface area contributed by atoms with Crippen LogP contribution in [0.15, 0.2) is 23.6 Å². The molecule has 1 N–H and O–H groups in total. The number of aromatic nitrogens is 1. The van der Waals surface area contributed by atoms with Gasteiger partial charge in [0, 0.05) is 29.4 Å². The van der Waals surface area contributed by atoms with Crippen LogP contribution in [-0.2, 0) is 16.1 Å². The van der Waals surface area contributed by atoms with Gasteiger partial charge in [0.2, 0.25) is 0 Å². The van der Waals surface area contributed by atoms with E-state index in [9.17, 15) is 14.4 Å². The van der Waals surface area contributed by atoms with Crippen molar-refractivity contribution in [2.24, 2.45) is 0 Å². The molecule has 0 unspecified atom stereocenters. The van der Waals surface area contributed by atoms with Gasteiger partial charge < -0.3 is 14.6 Å². The molecule has 0 spiro atoms. The summed E-state index contributed by atoms with van der Waals surface area (Å²) in [5.74, 6) is -1.07. The predicted molar refractivity (Wildman–Crippen MR) is 97.3 cm³/mol. The zero-order valence-corrected chi connectivity index (χ0v) is 15.8. The number of esters is 1. The summed E-state index contributed by atoms with van der Waals surface area (Å²) < 4.78 is 7.37. The monoisotopic (exact) mass is 375 g/mol. The molecule has 3 heterocycles. The van der Waals surface area contributed by atoms with E-state index < -0.39 is 24.0 Å². The minimum absolute atomic E-state index is 0.287. The van der Waals surface area contributed by atoms with E-state index in [4.69, 9.17) is 4.74 Å². The Morgan fingerprint density at radius 2 is 2.15 bits per heavy atom. The molecule has 0 aliphatic carbocycles. The molecule has 26 heavy (non-hydrogen) atoms. The summed E-state index contributed by atoms with van der Waals surface area (Å²) in [7, 11) is 0. The number of rotatable bonds is 5. The number of hydrogen-bond acceptors (Lipinski definition) is 5. The maximum Gasteiger partial charge on any atom is 0.340 e. The number of imide groups is 1. The molecule has 0 bridgehead atoms. The lowest BCUT2D eigenvalue weighted by atomic mass is 10.2. The molecule has 1 atom stereocenters. The maximum atomic E-state index is 12.5. The van der Waals surface area contributed by atoms with Crippen LogP contribution in [0, 0.1) is 13.8 Å². The first-order valence-corrected chi connectivity index (χ1v) is 9.25. The highest BCUT2D eigenvalue weighted by Crippen LogP contribution is 2.20. The molecule has 0 radical (unpaired) electrons. The number of thiophene rings is 1. The normalized spacial score (nSPS) is 15.0. The molecule has 8 heteroatoms. The fourth-order valence-electron chi connectivity index (χ4n) is 2.99. The summed E-state index contributed by atoms with van der Waals surface area (Å²) in [4.78, 5) is 38.7. The molecule has 1 saturated heterocycles. The van der Waals surface area contributed by atoms with Crippen molar-refractivity contribution in [1.82, 2.24) is 14.8 Å². The summed E-state index contributed by atoms with van der Waals surface area (Å²) in [6.45, 7) is 6.66. The Morgan fingerprint density at radius 3 is 2.77 bits per heavy atom. The van der Waals surface area contributed by atoms with Gasteiger partial charge in [-0.3, -0.25) is 9.69 Å². The van der Waals surface area contributed by atoms with E-state index in [-0.39, 0.29) is 6.54 Å². The standard InChI is InChI=1S/C18H21N3O4S/c1-11-9-15(12(2)21(11)10-14-5-4-8-26-14)17(23)25-13(3)16(22)20-7-6-19-18(20)24/h4-5,8-9,13H,6-7,10H2,1-3H3,(H,19,24)/t13-/m0/s1. The van der Waals surface area contributed by atoms with Crippen LogP contribution in [0.4, 0.5) is 4.79 Å². The van der Waals surface area contributed by atoms with Gasteiger partial charge in [0.25, 0.3) is 5.91 Å². The first kappa shape index (κ1) is 18.2. The van der Waals surface area contributed by atoms with Gasteiger partial charge in [0.05, 0.1) is 12.1 Å². The SMILES string of the molecule is Cc1cc(C(=O)O[C@@H](C)C(=O)N2CCNC2=O)c(C)n1Cc1cccs1. The Labute approximate surface area is 155 Å². The van der Waals surface area contributed by atoms with Crippen LogP contribution in [0.3, 0.4) is 0 Å². The highest BCUT2D eigenvalue weighted by atomic mass is 32.1. The van der Waals surface area contributed by atoms with Gasteiger partial charge in [0.15, 0.2) is 6.10 Å². The number of hydrogen-bond donors (Lipinski definition) is 1. The number of aryl methyl sites for hydroxylation is 1. The van der Waals surface area contributed by atoms with Crippen LogP contribution in [0.1, 0.15) is 33.5 Å². The fourth-order valence-corrected chi connectivity index (χ4v) is 3.68. The number of carbonyl (C=O) groups is 3. The van der Waals surface area contributed by atoms with Crippen molar-refractivity contribution in [2.75, 3.05) is 13.1 Å². The molecule has 1 aliphatic heterocycles. The summed E-state index contributed by atoms with van der Waals surface area (Å²) in [6, 6.07) is 5.35. The molecule has 3 amide bonds. The van der Waals surface area contributed by atoms with Crippen molar-refractivity contribution >= 4 is 29.2 Å². The predicted octanol–water partition coefficient (Wildman–Crippen LogP) is 2.31. The maximum absolute atomic E-state index is 12.5. The summed E-state index contributed by atoms with van der Waals surface area (Å²) >= 11 is 1.66. The second-order valence-electron chi connectivity index (χ2n) is 6.22. The molecule has 7 nitrogen and oxygen atoms in total. The number of nitrogens with one attached hydrogen (secondary N) is 1. The topological polar surface area (TPSA) is 80.6 Å². The second-order valence-corrected chi connectivity index (χ2v) is 7.25. The minimum Gasteiger partial charge on any atom is -0.449 e. The van der Waals surface area contributed by atoms with E-state index in [1.807, 2.05) is 35.9 Å². The second kappa shape index (κ2) is 7.33. The van der Waals surface area contributed by atoms with Gasteiger partial charge in [-0.25, -0.2) is 9.59 Å². The van der Waals surface area contributed by atoms with Crippen molar-refractivity contribution in [1.29, 1.82) is 0 Å². The highest BCUT2D eigenvalue weighted by Gasteiger charge is 2.32. The Hall–Kier alpha value is -2.61. The van der Waals surface area contributed by atoms with Crippen molar-refractivity contribution in [3.8, 4) is 0 Å². The molecule has 3 rings (SSSR count). The third-order valence-corrected chi connectivity index (χ3v) is 5.30. The van der Waals surface area contributed by atoms with E-state index in [0.29, 0.717) is 18.7 Å². The largest absolute Gasteiger partial charge is 0.449 e. The Morgan fingerprint density at radius 1 is 1.38 bits per heavy atom. The van der Waals surface area contributed by atoms with E-state index in [1.54, 1.807) is 17.4 Å². The molecule has 0 saturated carbocycles. The zero-order valence-electron chi connectivity index (χ0n) is 14.9. The number of urea groups is 1. The highest BCUT2D eigenvalue weighted by molar-refractivity contribution is 7.09. The van der Waals surface area contributed by atoms with Crippen molar-refractivity contribution in [2.45, 2.75) is 33.4 Å². The van der Waals surface area contributed by atoms with Gasteiger partial charge >= 0.3 is 12.0 Å². The van der Waals surface area contributed by atoms with E-state index >= 15 is 0 Å². The zero-order chi connectivity index (χ0) is 18.8. The Bertz CT molecular complexity index is 841. The van der Waals surface area contributed by atoms with Crippen LogP contribution in [0.2, 0.25) is 0 Å². The van der Waals surface area contributed by atoms with Crippen molar-refractivity contribution in [3.63, 3.8) is 0 Å². The lowest BCUT2D eigenvalue weighted by Gasteiger charge is -2.18. The molecule has 2 aromatic heterocycles. The molecule has 138 valence electrons. The van der Waals surface area contributed by atoms with Gasteiger partial charge in [-0.05, 0) is 38.3 Å². The van der Waals surface area contributed by atoms with Gasteiger partial charge in [-0.15, -0.1) is 11.3 Å². The summed E-state index contributed by atoms with van der Waals surface area (Å²) in [5, 5.41) is 4.57. The average molecular weight is 375 g/mol. The Kier molecular flexibility index (Phi) is 5.13. The minimum atomic E-state index is -1.02. The van der Waals surface area contributed by atoms with E-state index in [2.05, 4.69) is 5.32 Å². The molecule has 2 aromatic rings. The number of nitrogens with zero attached hydrogens (tertiary/aromatic N) is 2. The summed E-state index contributed by atoms with van der Waals surface area (Å²) in [6.07, 6.45) is -1.02. The third-order valence-electron chi connectivity index (χ3n) is 4.44. The average Bonchev–Trinajstić information content (AvgIpc) is 3.32. The molecular weight excluding hydrogens is 354 g/mol. The molecule has 1 fully saturated rings. The fraction of sp³-hybridized carbons (Fsp3) is 0.389. The Balaban J connectivity index is 1.71. The van der Waals surface area contributed by atoms with Gasteiger partial charge in [-0.1, -0.05) is 6.07 Å². The third kappa shape index (κ3) is 3.50. The van der Waals surface area contributed by atoms with Crippen LogP contribution < -0.4 is 5.32 Å². The van der Waals surface area contributed by atoms with E-state index in [1.165, 1.54) is 11.8 Å². The van der Waals surface area contributed by atoms with E-state index in [0.717, 1.165) is 16.3 Å².